The van der Waals surface area contributed by atoms with Crippen LogP contribution in [0.2, 0.25) is 10.0 Å². The molecule has 0 radical (unpaired) electrons. The Labute approximate surface area is 160 Å². The zero-order chi connectivity index (χ0) is 18.3. The Hall–Kier alpha value is -2.27. The van der Waals surface area contributed by atoms with E-state index in [0.717, 1.165) is 16.5 Å². The Kier molecular flexibility index (Phi) is 4.49. The van der Waals surface area contributed by atoms with Crippen LogP contribution >= 0.6 is 23.2 Å². The van der Waals surface area contributed by atoms with Crippen LogP contribution in [0.1, 0.15) is 10.4 Å². The van der Waals surface area contributed by atoms with Gasteiger partial charge in [0.05, 0.1) is 17.3 Å². The molecule has 1 atom stereocenters. The summed E-state index contributed by atoms with van der Waals surface area (Å²) in [7, 11) is 0. The lowest BCUT2D eigenvalue weighted by molar-refractivity contribution is 0.0914. The van der Waals surface area contributed by atoms with E-state index in [1.165, 1.54) is 0 Å². The second kappa shape index (κ2) is 6.80. The van der Waals surface area contributed by atoms with Crippen molar-refractivity contribution in [3.05, 3.63) is 70.2 Å². The predicted molar refractivity (Wildman–Crippen MR) is 104 cm³/mol. The number of benzene rings is 3. The SMILES string of the molecule is O=C1c2cccc3cccc(c23)N1CC(O)COc1cc(Cl)ccc1Cl. The van der Waals surface area contributed by atoms with Gasteiger partial charge in [-0.1, -0.05) is 47.5 Å². The van der Waals surface area contributed by atoms with Crippen molar-refractivity contribution in [1.29, 1.82) is 0 Å². The summed E-state index contributed by atoms with van der Waals surface area (Å²) in [5.74, 6) is 0.285. The smallest absolute Gasteiger partial charge is 0.259 e. The van der Waals surface area contributed by atoms with Gasteiger partial charge in [-0.25, -0.2) is 0 Å². The van der Waals surface area contributed by atoms with Crippen LogP contribution in [0, 0.1) is 0 Å². The maximum atomic E-state index is 12.7. The second-order valence-electron chi connectivity index (χ2n) is 6.14. The lowest BCUT2D eigenvalue weighted by Gasteiger charge is -2.22. The van der Waals surface area contributed by atoms with E-state index in [1.54, 1.807) is 23.1 Å². The number of hydrogen-bond acceptors (Lipinski definition) is 3. The highest BCUT2D eigenvalue weighted by Gasteiger charge is 2.30. The summed E-state index contributed by atoms with van der Waals surface area (Å²) in [4.78, 5) is 14.3. The maximum Gasteiger partial charge on any atom is 0.259 e. The molecule has 0 fully saturated rings. The van der Waals surface area contributed by atoms with Crippen LogP contribution in [0.5, 0.6) is 5.75 Å². The van der Waals surface area contributed by atoms with Gasteiger partial charge in [-0.05, 0) is 29.7 Å². The molecular formula is C20H15Cl2NO3. The van der Waals surface area contributed by atoms with Crippen molar-refractivity contribution in [3.63, 3.8) is 0 Å². The van der Waals surface area contributed by atoms with Crippen molar-refractivity contribution in [2.75, 3.05) is 18.1 Å². The lowest BCUT2D eigenvalue weighted by atomic mass is 10.1. The number of rotatable bonds is 5. The number of aliphatic hydroxyl groups excluding tert-OH is 1. The highest BCUT2D eigenvalue weighted by molar-refractivity contribution is 6.34. The number of carbonyl (C=O) groups excluding carboxylic acids is 1. The molecule has 0 spiro atoms. The molecule has 1 aliphatic heterocycles. The van der Waals surface area contributed by atoms with Gasteiger partial charge in [0.2, 0.25) is 0 Å². The van der Waals surface area contributed by atoms with E-state index in [2.05, 4.69) is 0 Å². The van der Waals surface area contributed by atoms with Crippen molar-refractivity contribution in [1.82, 2.24) is 0 Å². The van der Waals surface area contributed by atoms with Gasteiger partial charge in [-0.15, -0.1) is 0 Å². The fourth-order valence-corrected chi connectivity index (χ4v) is 3.53. The molecule has 3 aromatic rings. The topological polar surface area (TPSA) is 49.8 Å². The fourth-order valence-electron chi connectivity index (χ4n) is 3.20. The number of nitrogens with zero attached hydrogens (tertiary/aromatic N) is 1. The molecule has 132 valence electrons. The first-order chi connectivity index (χ1) is 12.5. The van der Waals surface area contributed by atoms with Crippen molar-refractivity contribution < 1.29 is 14.6 Å². The molecule has 4 rings (SSSR count). The average molecular weight is 388 g/mol. The van der Waals surface area contributed by atoms with Gasteiger partial charge in [-0.2, -0.15) is 0 Å². The van der Waals surface area contributed by atoms with Gasteiger partial charge >= 0.3 is 0 Å². The quantitative estimate of drug-likeness (QED) is 0.698. The standard InChI is InChI=1S/C20H15Cl2NO3/c21-13-7-8-16(22)18(9-13)26-11-14(24)10-23-17-6-2-4-12-3-1-5-15(19(12)17)20(23)25/h1-9,14,24H,10-11H2. The van der Waals surface area contributed by atoms with Gasteiger partial charge in [0.15, 0.2) is 0 Å². The molecule has 1 heterocycles. The van der Waals surface area contributed by atoms with Crippen molar-refractivity contribution in [3.8, 4) is 5.75 Å². The molecule has 0 saturated heterocycles. The van der Waals surface area contributed by atoms with Gasteiger partial charge in [0.25, 0.3) is 5.91 Å². The molecule has 0 bridgehead atoms. The number of hydrogen-bond donors (Lipinski definition) is 1. The summed E-state index contributed by atoms with van der Waals surface area (Å²) in [5, 5.41) is 13.2. The Balaban J connectivity index is 1.50. The van der Waals surface area contributed by atoms with Crippen LogP contribution in [0.3, 0.4) is 0 Å². The number of ether oxygens (including phenoxy) is 1. The summed E-state index contributed by atoms with van der Waals surface area (Å²) >= 11 is 12.0. The van der Waals surface area contributed by atoms with E-state index in [1.807, 2.05) is 36.4 Å². The van der Waals surface area contributed by atoms with Gasteiger partial charge in [0, 0.05) is 22.0 Å². The van der Waals surface area contributed by atoms with E-state index >= 15 is 0 Å². The minimum Gasteiger partial charge on any atom is -0.489 e. The number of β-amino-alcohol motifs (C(OH)–C–C–N with tert-alkyl or cyclic N) is 1. The molecule has 1 amide bonds. The molecule has 0 saturated carbocycles. The monoisotopic (exact) mass is 387 g/mol. The highest BCUT2D eigenvalue weighted by atomic mass is 35.5. The highest BCUT2D eigenvalue weighted by Crippen LogP contribution is 2.37. The first kappa shape index (κ1) is 17.2. The molecule has 1 N–H and O–H groups in total. The Morgan fingerprint density at radius 2 is 1.85 bits per heavy atom. The molecule has 0 aliphatic carbocycles. The molecular weight excluding hydrogens is 373 g/mol. The summed E-state index contributed by atoms with van der Waals surface area (Å²) in [5.41, 5.74) is 1.46. The minimum absolute atomic E-state index is 0.00381. The van der Waals surface area contributed by atoms with E-state index in [-0.39, 0.29) is 19.1 Å². The summed E-state index contributed by atoms with van der Waals surface area (Å²) in [6.07, 6.45) is -0.876. The van der Waals surface area contributed by atoms with E-state index < -0.39 is 6.10 Å². The molecule has 4 nitrogen and oxygen atoms in total. The molecule has 0 aromatic heterocycles. The Bertz CT molecular complexity index is 1000. The van der Waals surface area contributed by atoms with E-state index in [9.17, 15) is 9.90 Å². The minimum atomic E-state index is -0.876. The lowest BCUT2D eigenvalue weighted by Crippen LogP contribution is -2.37. The number of amides is 1. The summed E-state index contributed by atoms with van der Waals surface area (Å²) in [6.45, 7) is 0.126. The summed E-state index contributed by atoms with van der Waals surface area (Å²) in [6, 6.07) is 16.3. The van der Waals surface area contributed by atoms with Crippen molar-refractivity contribution in [2.24, 2.45) is 0 Å². The number of halogens is 2. The van der Waals surface area contributed by atoms with E-state index in [0.29, 0.717) is 21.4 Å². The predicted octanol–water partition coefficient (Wildman–Crippen LogP) is 4.55. The normalized spacial score (nSPS) is 14.1. The van der Waals surface area contributed by atoms with E-state index in [4.69, 9.17) is 27.9 Å². The maximum absolute atomic E-state index is 12.7. The van der Waals surface area contributed by atoms with Crippen LogP contribution in [0.15, 0.2) is 54.6 Å². The number of aliphatic hydroxyl groups is 1. The molecule has 26 heavy (non-hydrogen) atoms. The van der Waals surface area contributed by atoms with Crippen molar-refractivity contribution >= 4 is 45.6 Å². The second-order valence-corrected chi connectivity index (χ2v) is 6.98. The fraction of sp³-hybridized carbons (Fsp3) is 0.150. The van der Waals surface area contributed by atoms with Crippen LogP contribution in [-0.4, -0.2) is 30.3 Å². The molecule has 6 heteroatoms. The third-order valence-corrected chi connectivity index (χ3v) is 4.91. The first-order valence-electron chi connectivity index (χ1n) is 8.14. The first-order valence-corrected chi connectivity index (χ1v) is 8.90. The Morgan fingerprint density at radius 1 is 1.08 bits per heavy atom. The third-order valence-electron chi connectivity index (χ3n) is 4.37. The van der Waals surface area contributed by atoms with Gasteiger partial charge < -0.3 is 14.7 Å². The third kappa shape index (κ3) is 3.01. The van der Waals surface area contributed by atoms with Crippen molar-refractivity contribution in [2.45, 2.75) is 6.10 Å². The Morgan fingerprint density at radius 3 is 2.65 bits per heavy atom. The molecule has 1 unspecified atom stereocenters. The van der Waals surface area contributed by atoms with Gasteiger partial charge in [-0.3, -0.25) is 4.79 Å². The molecule has 1 aliphatic rings. The van der Waals surface area contributed by atoms with Crippen LogP contribution in [-0.2, 0) is 0 Å². The van der Waals surface area contributed by atoms with Crippen LogP contribution in [0.25, 0.3) is 10.8 Å². The molecule has 3 aromatic carbocycles. The number of carbonyl (C=O) groups is 1. The zero-order valence-electron chi connectivity index (χ0n) is 13.7. The zero-order valence-corrected chi connectivity index (χ0v) is 15.2. The van der Waals surface area contributed by atoms with Crippen LogP contribution < -0.4 is 9.64 Å². The largest absolute Gasteiger partial charge is 0.489 e. The average Bonchev–Trinajstić information content (AvgIpc) is 2.91. The van der Waals surface area contributed by atoms with Crippen LogP contribution in [0.4, 0.5) is 5.69 Å². The van der Waals surface area contributed by atoms with Gasteiger partial charge in [0.1, 0.15) is 18.5 Å². The summed E-state index contributed by atoms with van der Waals surface area (Å²) < 4.78 is 5.57. The number of anilines is 1.